The molecule has 3 aliphatic heterocycles. The molecule has 0 aromatic heterocycles. The maximum Gasteiger partial charge on any atom is 0.249 e. The molecular formula is C30H59N9O14. The van der Waals surface area contributed by atoms with E-state index in [9.17, 15) is 35.4 Å². The third-order valence-corrected chi connectivity index (χ3v) is 9.87. The van der Waals surface area contributed by atoms with Crippen LogP contribution in [0, 0.1) is 5.41 Å². The summed E-state index contributed by atoms with van der Waals surface area (Å²) in [6.07, 6.45) is -17.4. The average molecular weight is 770 g/mol. The van der Waals surface area contributed by atoms with E-state index in [-0.39, 0.29) is 44.6 Å². The van der Waals surface area contributed by atoms with Crippen molar-refractivity contribution in [3.8, 4) is 0 Å². The number of aliphatic hydroxyl groups is 7. The molecule has 0 aromatic rings. The van der Waals surface area contributed by atoms with Crippen molar-refractivity contribution in [1.82, 2.24) is 16.0 Å². The first-order valence-corrected chi connectivity index (χ1v) is 17.8. The first kappa shape index (κ1) is 43.7. The summed E-state index contributed by atoms with van der Waals surface area (Å²) in [6.45, 7) is -0.183. The van der Waals surface area contributed by atoms with E-state index in [4.69, 9.17) is 67.6 Å². The topological polar surface area (TPSA) is 404 Å². The van der Waals surface area contributed by atoms with Gasteiger partial charge in [-0.3, -0.25) is 10.2 Å². The van der Waals surface area contributed by atoms with Crippen LogP contribution in [0.5, 0.6) is 0 Å². The van der Waals surface area contributed by atoms with E-state index in [1.54, 1.807) is 0 Å². The quantitative estimate of drug-likeness (QED) is 0.0371. The number of nitrogens with one attached hydrogen (secondary N) is 4. The Labute approximate surface area is 306 Å². The minimum atomic E-state index is -1.67. The van der Waals surface area contributed by atoms with Gasteiger partial charge in [0.15, 0.2) is 24.8 Å². The number of rotatable bonds is 17. The van der Waals surface area contributed by atoms with Gasteiger partial charge in [0.1, 0.15) is 61.0 Å². The molecule has 23 nitrogen and oxygen atoms in total. The number of hydrogen-bond acceptors (Lipinski definition) is 20. The van der Waals surface area contributed by atoms with Crippen LogP contribution in [0.15, 0.2) is 0 Å². The highest BCUT2D eigenvalue weighted by molar-refractivity contribution is 5.81. The Balaban J connectivity index is 1.53. The number of hydrogen-bond donors (Lipinski definition) is 16. The summed E-state index contributed by atoms with van der Waals surface area (Å²) >= 11 is 0. The molecule has 0 bridgehead atoms. The minimum Gasteiger partial charge on any atom is -0.395 e. The second-order valence-electron chi connectivity index (χ2n) is 13.8. The van der Waals surface area contributed by atoms with Gasteiger partial charge in [0, 0.05) is 32.2 Å². The number of ether oxygens (including phenoxy) is 6. The number of carbonyl (C=O) groups excluding carboxylic acids is 1. The second kappa shape index (κ2) is 20.3. The Morgan fingerprint density at radius 1 is 0.830 bits per heavy atom. The Bertz CT molecular complexity index is 1150. The zero-order valence-electron chi connectivity index (χ0n) is 29.3. The van der Waals surface area contributed by atoms with Gasteiger partial charge in [0.2, 0.25) is 5.91 Å². The molecule has 308 valence electrons. The zero-order chi connectivity index (χ0) is 39.0. The van der Waals surface area contributed by atoms with Crippen LogP contribution in [-0.4, -0.2) is 197 Å². The van der Waals surface area contributed by atoms with Gasteiger partial charge in [-0.2, -0.15) is 0 Å². The number of carbonyl (C=O) groups is 1. The van der Waals surface area contributed by atoms with Gasteiger partial charge in [-0.25, -0.2) is 0 Å². The van der Waals surface area contributed by atoms with Crippen molar-refractivity contribution in [2.75, 3.05) is 39.4 Å². The highest BCUT2D eigenvalue weighted by Crippen LogP contribution is 2.34. The molecule has 18 atom stereocenters. The smallest absolute Gasteiger partial charge is 0.249 e. The fourth-order valence-electron chi connectivity index (χ4n) is 6.83. The van der Waals surface area contributed by atoms with Crippen molar-refractivity contribution >= 4 is 11.9 Å². The van der Waals surface area contributed by atoms with Crippen LogP contribution in [-0.2, 0) is 33.2 Å². The summed E-state index contributed by atoms with van der Waals surface area (Å²) in [6, 6.07) is -3.96. The van der Waals surface area contributed by atoms with E-state index >= 15 is 0 Å². The normalized spacial score (nSPS) is 42.6. The van der Waals surface area contributed by atoms with E-state index in [0.717, 1.165) is 0 Å². The van der Waals surface area contributed by atoms with Crippen molar-refractivity contribution in [3.05, 3.63) is 0 Å². The molecule has 1 amide bonds. The van der Waals surface area contributed by atoms with Crippen molar-refractivity contribution in [1.29, 1.82) is 5.41 Å². The lowest BCUT2D eigenvalue weighted by atomic mass is 9.83. The lowest BCUT2D eigenvalue weighted by Gasteiger charge is -2.46. The number of nitrogens with two attached hydrogens (primary N) is 5. The summed E-state index contributed by atoms with van der Waals surface area (Å²) in [5.74, 6) is -1.19. The van der Waals surface area contributed by atoms with Crippen LogP contribution in [0.25, 0.3) is 0 Å². The summed E-state index contributed by atoms with van der Waals surface area (Å²) < 4.78 is 35.9. The standard InChI is InChI=1S/C30H59N9O14/c31-8-16-20(44)21(45)18(34)28(49-16)52-24-17(10-41)50-29(22(24)46)53-25-19(43)14(39-26(47)15(42)3-4-38-30(35)36)7-13(33)23(25)51-27-12(32)2-1-11(48-27)9-37-5-6-40/h11-25,27-29,37,40-46H,1-10,31-34H2,(H,39,47)(H4,35,36,38)/t11-,12+,13-,14+,15-,16-,17+,18+,19-,20+,21+,22+,23+,24+,25+,27+,28+,29-/m0/s1. The Hall–Kier alpha value is -1.98. The Morgan fingerprint density at radius 3 is 2.17 bits per heavy atom. The predicted molar refractivity (Wildman–Crippen MR) is 181 cm³/mol. The highest BCUT2D eigenvalue weighted by atomic mass is 16.8. The maximum absolute atomic E-state index is 12.9. The van der Waals surface area contributed by atoms with E-state index in [1.165, 1.54) is 0 Å². The Morgan fingerprint density at radius 2 is 1.51 bits per heavy atom. The average Bonchev–Trinajstić information content (AvgIpc) is 3.42. The van der Waals surface area contributed by atoms with Gasteiger partial charge in [0.05, 0.1) is 37.4 Å². The fourth-order valence-corrected chi connectivity index (χ4v) is 6.83. The van der Waals surface area contributed by atoms with Crippen LogP contribution in [0.4, 0.5) is 0 Å². The van der Waals surface area contributed by atoms with Gasteiger partial charge in [-0.15, -0.1) is 0 Å². The monoisotopic (exact) mass is 769 g/mol. The molecule has 1 saturated carbocycles. The van der Waals surface area contributed by atoms with Crippen LogP contribution in [0.3, 0.4) is 0 Å². The van der Waals surface area contributed by atoms with Gasteiger partial charge < -0.3 is 109 Å². The largest absolute Gasteiger partial charge is 0.395 e. The number of aliphatic hydroxyl groups excluding tert-OH is 7. The third-order valence-electron chi connectivity index (χ3n) is 9.87. The summed E-state index contributed by atoms with van der Waals surface area (Å²) in [5, 5.41) is 88.8. The third kappa shape index (κ3) is 11.1. The number of guanidine groups is 1. The lowest BCUT2D eigenvalue weighted by Crippen LogP contribution is -2.67. The van der Waals surface area contributed by atoms with E-state index in [2.05, 4.69) is 16.0 Å². The van der Waals surface area contributed by atoms with Crippen LogP contribution >= 0.6 is 0 Å². The second-order valence-corrected chi connectivity index (χ2v) is 13.8. The zero-order valence-corrected chi connectivity index (χ0v) is 29.3. The molecule has 23 heteroatoms. The predicted octanol–water partition coefficient (Wildman–Crippen LogP) is -8.82. The van der Waals surface area contributed by atoms with Crippen molar-refractivity contribution in [2.45, 2.75) is 136 Å². The van der Waals surface area contributed by atoms with Crippen molar-refractivity contribution in [2.24, 2.45) is 28.7 Å². The molecule has 4 fully saturated rings. The van der Waals surface area contributed by atoms with Crippen LogP contribution in [0.1, 0.15) is 25.7 Å². The lowest BCUT2D eigenvalue weighted by molar-refractivity contribution is -0.290. The van der Waals surface area contributed by atoms with E-state index in [0.29, 0.717) is 25.9 Å². The minimum absolute atomic E-state index is 0.0197. The maximum atomic E-state index is 12.9. The van der Waals surface area contributed by atoms with Gasteiger partial charge in [0.25, 0.3) is 0 Å². The summed E-state index contributed by atoms with van der Waals surface area (Å²) in [7, 11) is 0. The van der Waals surface area contributed by atoms with E-state index < -0.39 is 117 Å². The summed E-state index contributed by atoms with van der Waals surface area (Å²) in [5.41, 5.74) is 29.9. The molecule has 3 saturated heterocycles. The molecule has 1 aliphatic carbocycles. The van der Waals surface area contributed by atoms with Gasteiger partial charge in [-0.05, 0) is 25.7 Å². The first-order valence-electron chi connectivity index (χ1n) is 17.8. The first-order chi connectivity index (χ1) is 25.2. The SMILES string of the molecule is N=C(N)NCC[C@H](O)C(=O)N[C@@H]1C[C@H](N)[C@@H](O[C@H]2O[C@H](CNCCO)CC[C@H]2N)[C@H](O[C@@H]2O[C@H](CO)[C@@H](O[C@H]3O[C@@H](CN)[C@@H](O)[C@H](O)[C@H]3N)[C@H]2O)[C@H]1O. The molecular weight excluding hydrogens is 710 g/mol. The van der Waals surface area contributed by atoms with Crippen molar-refractivity contribution in [3.63, 3.8) is 0 Å². The van der Waals surface area contributed by atoms with Crippen LogP contribution in [0.2, 0.25) is 0 Å². The molecule has 0 aromatic carbocycles. The fraction of sp³-hybridized carbons (Fsp3) is 0.933. The van der Waals surface area contributed by atoms with Gasteiger partial charge >= 0.3 is 0 Å². The van der Waals surface area contributed by atoms with Crippen molar-refractivity contribution < 1.29 is 69.0 Å². The summed E-state index contributed by atoms with van der Waals surface area (Å²) in [4.78, 5) is 12.9. The molecule has 4 rings (SSSR count). The van der Waals surface area contributed by atoms with Gasteiger partial charge in [-0.1, -0.05) is 0 Å². The Kier molecular flexibility index (Phi) is 16.7. The molecule has 4 aliphatic rings. The highest BCUT2D eigenvalue weighted by Gasteiger charge is 2.54. The molecule has 3 heterocycles. The molecule has 21 N–H and O–H groups in total. The van der Waals surface area contributed by atoms with Crippen LogP contribution < -0.4 is 44.6 Å². The van der Waals surface area contributed by atoms with E-state index in [1.807, 2.05) is 0 Å². The molecule has 0 spiro atoms. The molecule has 0 unspecified atom stereocenters. The molecule has 53 heavy (non-hydrogen) atoms. The number of amides is 1. The molecule has 0 radical (unpaired) electrons.